The number of rotatable bonds is 6. The first-order chi connectivity index (χ1) is 13.1. The molecule has 1 aliphatic rings. The molecule has 2 aromatic rings. The van der Waals surface area contributed by atoms with Crippen molar-refractivity contribution in [2.24, 2.45) is 5.16 Å². The number of carbonyl (C=O) groups is 2. The first-order valence-corrected chi connectivity index (χ1v) is 9.03. The molecule has 1 aliphatic heterocycles. The number of oxime groups is 1. The highest BCUT2D eigenvalue weighted by molar-refractivity contribution is 5.96. The molecule has 0 bridgehead atoms. The van der Waals surface area contributed by atoms with Crippen LogP contribution in [0.1, 0.15) is 40.5 Å². The van der Waals surface area contributed by atoms with Crippen molar-refractivity contribution >= 4 is 17.5 Å². The lowest BCUT2D eigenvalue weighted by Crippen LogP contribution is -2.32. The Balaban J connectivity index is 1.64. The third kappa shape index (κ3) is 4.53. The Morgan fingerprint density at radius 1 is 1.07 bits per heavy atom. The van der Waals surface area contributed by atoms with Gasteiger partial charge in [0, 0.05) is 24.6 Å². The Hall–Kier alpha value is -3.15. The number of benzene rings is 2. The predicted octanol–water partition coefficient (Wildman–Crippen LogP) is 3.00. The zero-order valence-electron chi connectivity index (χ0n) is 15.5. The Morgan fingerprint density at radius 2 is 1.85 bits per heavy atom. The van der Waals surface area contributed by atoms with Gasteiger partial charge in [0.1, 0.15) is 6.10 Å². The van der Waals surface area contributed by atoms with E-state index < -0.39 is 0 Å². The largest absolute Gasteiger partial charge is 0.390 e. The van der Waals surface area contributed by atoms with Crippen molar-refractivity contribution in [2.75, 3.05) is 13.6 Å². The van der Waals surface area contributed by atoms with Gasteiger partial charge in [-0.25, -0.2) is 0 Å². The minimum atomic E-state index is -0.146. The van der Waals surface area contributed by atoms with E-state index in [0.29, 0.717) is 17.7 Å². The topological polar surface area (TPSA) is 79.8 Å². The molecule has 1 unspecified atom stereocenters. The third-order valence-electron chi connectivity index (χ3n) is 4.52. The molecule has 6 nitrogen and oxygen atoms in total. The summed E-state index contributed by atoms with van der Waals surface area (Å²) in [6.45, 7) is 2.47. The number of nitrogens with zero attached hydrogens (tertiary/aromatic N) is 1. The van der Waals surface area contributed by atoms with Crippen LogP contribution in [0, 0.1) is 0 Å². The fraction of sp³-hybridized carbons (Fsp3) is 0.286. The summed E-state index contributed by atoms with van der Waals surface area (Å²) in [5.41, 5.74) is 4.06. The van der Waals surface area contributed by atoms with Crippen molar-refractivity contribution < 1.29 is 14.4 Å². The van der Waals surface area contributed by atoms with Gasteiger partial charge in [-0.2, -0.15) is 0 Å². The van der Waals surface area contributed by atoms with Crippen molar-refractivity contribution in [3.8, 4) is 11.1 Å². The molecule has 140 valence electrons. The average Bonchev–Trinajstić information content (AvgIpc) is 3.20. The monoisotopic (exact) mass is 365 g/mol. The highest BCUT2D eigenvalue weighted by atomic mass is 16.6. The lowest BCUT2D eigenvalue weighted by molar-refractivity contribution is 0.0753. The number of nitrogens with one attached hydrogen (secondary N) is 2. The molecule has 3 rings (SSSR count). The summed E-state index contributed by atoms with van der Waals surface area (Å²) < 4.78 is 0. The lowest BCUT2D eigenvalue weighted by atomic mass is 10.0. The number of amides is 2. The molecule has 0 aliphatic carbocycles. The van der Waals surface area contributed by atoms with Crippen LogP contribution in [0.3, 0.4) is 0 Å². The molecule has 0 saturated heterocycles. The van der Waals surface area contributed by atoms with Crippen LogP contribution in [0.5, 0.6) is 0 Å². The van der Waals surface area contributed by atoms with Crippen molar-refractivity contribution in [1.82, 2.24) is 10.6 Å². The molecular formula is C21H23N3O3. The van der Waals surface area contributed by atoms with Crippen molar-refractivity contribution in [3.05, 3.63) is 59.7 Å². The summed E-state index contributed by atoms with van der Waals surface area (Å²) in [5, 5.41) is 9.51. The van der Waals surface area contributed by atoms with E-state index in [4.69, 9.17) is 4.84 Å². The second-order valence-electron chi connectivity index (χ2n) is 6.39. The summed E-state index contributed by atoms with van der Waals surface area (Å²) in [6, 6.07) is 14.7. The van der Waals surface area contributed by atoms with Gasteiger partial charge in [0.25, 0.3) is 11.8 Å². The second kappa shape index (κ2) is 8.49. The fourth-order valence-electron chi connectivity index (χ4n) is 2.91. The highest BCUT2D eigenvalue weighted by Gasteiger charge is 2.20. The molecule has 2 N–H and O–H groups in total. The van der Waals surface area contributed by atoms with Crippen molar-refractivity contribution in [3.63, 3.8) is 0 Å². The highest BCUT2D eigenvalue weighted by Crippen LogP contribution is 2.21. The van der Waals surface area contributed by atoms with E-state index in [2.05, 4.69) is 15.8 Å². The summed E-state index contributed by atoms with van der Waals surface area (Å²) in [7, 11) is 1.60. The fourth-order valence-corrected chi connectivity index (χ4v) is 2.91. The van der Waals surface area contributed by atoms with E-state index in [0.717, 1.165) is 29.7 Å². The molecule has 0 aromatic heterocycles. The maximum absolute atomic E-state index is 12.5. The van der Waals surface area contributed by atoms with Gasteiger partial charge in [-0.3, -0.25) is 9.59 Å². The molecule has 1 atom stereocenters. The maximum Gasteiger partial charge on any atom is 0.251 e. The van der Waals surface area contributed by atoms with E-state index in [-0.39, 0.29) is 17.9 Å². The van der Waals surface area contributed by atoms with Crippen LogP contribution in [0.15, 0.2) is 53.7 Å². The van der Waals surface area contributed by atoms with Gasteiger partial charge >= 0.3 is 0 Å². The quantitative estimate of drug-likeness (QED) is 0.826. The van der Waals surface area contributed by atoms with E-state index >= 15 is 0 Å². The van der Waals surface area contributed by atoms with Gasteiger partial charge in [-0.05, 0) is 41.8 Å². The molecule has 6 heteroatoms. The normalized spacial score (nSPS) is 15.6. The van der Waals surface area contributed by atoms with Crippen LogP contribution < -0.4 is 10.6 Å². The number of hydrogen-bond acceptors (Lipinski definition) is 4. The lowest BCUT2D eigenvalue weighted by Gasteiger charge is -2.11. The summed E-state index contributed by atoms with van der Waals surface area (Å²) >= 11 is 0. The van der Waals surface area contributed by atoms with E-state index in [1.807, 2.05) is 37.3 Å². The summed E-state index contributed by atoms with van der Waals surface area (Å²) in [5.74, 6) is -0.272. The molecular weight excluding hydrogens is 342 g/mol. The van der Waals surface area contributed by atoms with Crippen molar-refractivity contribution in [2.45, 2.75) is 25.9 Å². The molecule has 1 heterocycles. The smallest absolute Gasteiger partial charge is 0.251 e. The Morgan fingerprint density at radius 3 is 2.52 bits per heavy atom. The molecule has 0 spiro atoms. The van der Waals surface area contributed by atoms with Gasteiger partial charge in [0.05, 0.1) is 12.3 Å². The Kier molecular flexibility index (Phi) is 5.86. The zero-order chi connectivity index (χ0) is 19.2. The first-order valence-electron chi connectivity index (χ1n) is 9.03. The molecule has 2 amide bonds. The van der Waals surface area contributed by atoms with Gasteiger partial charge in [0.15, 0.2) is 0 Å². The van der Waals surface area contributed by atoms with Gasteiger partial charge in [-0.1, -0.05) is 36.3 Å². The van der Waals surface area contributed by atoms with Crippen LogP contribution >= 0.6 is 0 Å². The van der Waals surface area contributed by atoms with Crippen LogP contribution in [0.2, 0.25) is 0 Å². The van der Waals surface area contributed by atoms with Gasteiger partial charge in [-0.15, -0.1) is 0 Å². The van der Waals surface area contributed by atoms with Crippen LogP contribution in [0.25, 0.3) is 11.1 Å². The summed E-state index contributed by atoms with van der Waals surface area (Å²) in [4.78, 5) is 29.4. The minimum absolute atomic E-state index is 0.0932. The Bertz CT molecular complexity index is 859. The number of hydrogen-bond donors (Lipinski definition) is 2. The standard InChI is InChI=1S/C21H23N3O3/c1-3-18-12-19(27-24-18)13-23-21(26)17-6-4-5-16(11-17)14-7-9-15(10-8-14)20(25)22-2/h4-11,19H,3,12-13H2,1-2H3,(H,22,25)(H,23,26). The SMILES string of the molecule is CCC1=NOC(CNC(=O)c2cccc(-c3ccc(C(=O)NC)cc3)c2)C1. The summed E-state index contributed by atoms with van der Waals surface area (Å²) in [6.07, 6.45) is 1.53. The molecule has 2 aromatic carbocycles. The van der Waals surface area contributed by atoms with Gasteiger partial charge < -0.3 is 15.5 Å². The first kappa shape index (κ1) is 18.6. The maximum atomic E-state index is 12.5. The Labute approximate surface area is 158 Å². The molecule has 0 saturated carbocycles. The van der Waals surface area contributed by atoms with E-state index in [1.54, 1.807) is 25.2 Å². The number of carbonyl (C=O) groups excluding carboxylic acids is 2. The predicted molar refractivity (Wildman–Crippen MR) is 105 cm³/mol. The van der Waals surface area contributed by atoms with E-state index in [9.17, 15) is 9.59 Å². The van der Waals surface area contributed by atoms with Crippen LogP contribution in [-0.2, 0) is 4.84 Å². The minimum Gasteiger partial charge on any atom is -0.390 e. The van der Waals surface area contributed by atoms with Gasteiger partial charge in [0.2, 0.25) is 0 Å². The van der Waals surface area contributed by atoms with E-state index in [1.165, 1.54) is 0 Å². The third-order valence-corrected chi connectivity index (χ3v) is 4.52. The average molecular weight is 365 g/mol. The van der Waals surface area contributed by atoms with Crippen molar-refractivity contribution in [1.29, 1.82) is 0 Å². The zero-order valence-corrected chi connectivity index (χ0v) is 15.5. The molecule has 27 heavy (non-hydrogen) atoms. The van der Waals surface area contributed by atoms with Crippen LogP contribution in [0.4, 0.5) is 0 Å². The molecule has 0 fully saturated rings. The second-order valence-corrected chi connectivity index (χ2v) is 6.39. The van der Waals surface area contributed by atoms with Crippen LogP contribution in [-0.4, -0.2) is 37.2 Å². The molecule has 0 radical (unpaired) electrons.